The molecule has 0 unspecified atom stereocenters. The molecule has 1 atom stereocenters. The number of amides is 3. The summed E-state index contributed by atoms with van der Waals surface area (Å²) in [5, 5.41) is 9.72. The smallest absolute Gasteiger partial charge is 0.296 e. The lowest BCUT2D eigenvalue weighted by atomic mass is 10.00. The van der Waals surface area contributed by atoms with E-state index in [1.807, 2.05) is 19.3 Å². The second-order valence-electron chi connectivity index (χ2n) is 9.89. The molecule has 3 amide bonds. The van der Waals surface area contributed by atoms with Gasteiger partial charge < -0.3 is 21.3 Å². The van der Waals surface area contributed by atoms with Crippen LogP contribution in [0, 0.1) is 0 Å². The van der Waals surface area contributed by atoms with Crippen LogP contribution in [0.25, 0.3) is 22.3 Å². The lowest BCUT2D eigenvalue weighted by Crippen LogP contribution is -2.38. The summed E-state index contributed by atoms with van der Waals surface area (Å²) in [5.74, 6) is -1.57. The first kappa shape index (κ1) is 25.0. The molecule has 1 saturated heterocycles. The number of ketones is 1. The van der Waals surface area contributed by atoms with Gasteiger partial charge in [-0.2, -0.15) is 5.10 Å². The molecule has 4 aromatic rings. The quantitative estimate of drug-likeness (QED) is 0.332. The third-order valence-corrected chi connectivity index (χ3v) is 7.17. The number of carbonyl (C=O) groups is 4. The maximum absolute atomic E-state index is 13.3. The van der Waals surface area contributed by atoms with Crippen molar-refractivity contribution in [2.24, 2.45) is 7.05 Å². The fraction of sp³-hybridized carbons (Fsp3) is 0.172. The number of hydrogen-bond acceptors (Lipinski definition) is 7. The second-order valence-corrected chi connectivity index (χ2v) is 9.89. The van der Waals surface area contributed by atoms with E-state index in [2.05, 4.69) is 20.7 Å². The van der Waals surface area contributed by atoms with E-state index in [1.165, 1.54) is 0 Å². The van der Waals surface area contributed by atoms with E-state index in [-0.39, 0.29) is 29.2 Å². The molecule has 4 heterocycles. The third-order valence-electron chi connectivity index (χ3n) is 7.17. The zero-order chi connectivity index (χ0) is 28.0. The maximum atomic E-state index is 13.3. The van der Waals surface area contributed by atoms with Crippen LogP contribution in [0.5, 0.6) is 0 Å². The number of aromatic nitrogens is 3. The van der Waals surface area contributed by atoms with Crippen molar-refractivity contribution in [1.29, 1.82) is 0 Å². The van der Waals surface area contributed by atoms with Gasteiger partial charge in [-0.3, -0.25) is 23.9 Å². The first-order chi connectivity index (χ1) is 19.3. The third kappa shape index (κ3) is 4.57. The van der Waals surface area contributed by atoms with E-state index in [9.17, 15) is 19.2 Å². The molecule has 2 aliphatic rings. The number of likely N-dealkylation sites (tertiary alicyclic amines) is 1. The molecule has 0 radical (unpaired) electrons. The summed E-state index contributed by atoms with van der Waals surface area (Å²) >= 11 is 0. The van der Waals surface area contributed by atoms with Crippen molar-refractivity contribution in [2.75, 3.05) is 24.1 Å². The molecule has 0 bridgehead atoms. The highest BCUT2D eigenvalue weighted by atomic mass is 16.2. The Morgan fingerprint density at radius 3 is 2.65 bits per heavy atom. The molecule has 2 aromatic heterocycles. The van der Waals surface area contributed by atoms with Gasteiger partial charge in [0, 0.05) is 55.3 Å². The van der Waals surface area contributed by atoms with E-state index in [0.29, 0.717) is 36.3 Å². The fourth-order valence-corrected chi connectivity index (χ4v) is 5.05. The molecule has 6 rings (SSSR count). The highest BCUT2D eigenvalue weighted by Crippen LogP contribution is 2.30. The number of pyridine rings is 1. The van der Waals surface area contributed by atoms with Gasteiger partial charge in [0.1, 0.15) is 5.82 Å². The van der Waals surface area contributed by atoms with Crippen molar-refractivity contribution in [2.45, 2.75) is 12.5 Å². The van der Waals surface area contributed by atoms with Crippen molar-refractivity contribution in [3.05, 3.63) is 83.8 Å². The van der Waals surface area contributed by atoms with Gasteiger partial charge in [0.2, 0.25) is 0 Å². The molecule has 1 fully saturated rings. The minimum absolute atomic E-state index is 0.128. The summed E-state index contributed by atoms with van der Waals surface area (Å²) in [6, 6.07) is 13.7. The maximum Gasteiger partial charge on any atom is 0.296 e. The molecule has 200 valence electrons. The van der Waals surface area contributed by atoms with Gasteiger partial charge in [-0.25, -0.2) is 4.98 Å². The lowest BCUT2D eigenvalue weighted by molar-refractivity contribution is -0.112. The Balaban J connectivity index is 1.13. The summed E-state index contributed by atoms with van der Waals surface area (Å²) in [4.78, 5) is 55.9. The molecule has 2 aromatic carbocycles. The Morgan fingerprint density at radius 1 is 1.02 bits per heavy atom. The minimum atomic E-state index is -0.646. The van der Waals surface area contributed by atoms with Gasteiger partial charge in [-0.1, -0.05) is 18.2 Å². The van der Waals surface area contributed by atoms with Gasteiger partial charge in [-0.15, -0.1) is 0 Å². The number of nitrogens with one attached hydrogen (secondary N) is 2. The Hall–Kier alpha value is -5.32. The van der Waals surface area contributed by atoms with E-state index < -0.39 is 11.7 Å². The Bertz CT molecular complexity index is 1710. The molecular weight excluding hydrogens is 510 g/mol. The van der Waals surface area contributed by atoms with Crippen molar-refractivity contribution in [3.8, 4) is 22.3 Å². The molecule has 0 saturated carbocycles. The molecule has 11 nitrogen and oxygen atoms in total. The minimum Gasteiger partial charge on any atom is -0.383 e. The number of benzene rings is 2. The normalized spacial score (nSPS) is 16.1. The molecule has 11 heteroatoms. The Labute approximate surface area is 229 Å². The van der Waals surface area contributed by atoms with Crippen LogP contribution in [-0.2, 0) is 11.8 Å². The zero-order valence-corrected chi connectivity index (χ0v) is 21.5. The number of nitrogen functional groups attached to an aromatic ring is 1. The Morgan fingerprint density at radius 2 is 1.85 bits per heavy atom. The van der Waals surface area contributed by atoms with Crippen LogP contribution in [0.2, 0.25) is 0 Å². The monoisotopic (exact) mass is 535 g/mol. The highest BCUT2D eigenvalue weighted by Gasteiger charge is 2.30. The predicted octanol–water partition coefficient (Wildman–Crippen LogP) is 2.51. The van der Waals surface area contributed by atoms with Crippen LogP contribution in [0.4, 0.5) is 11.5 Å². The van der Waals surface area contributed by atoms with Crippen LogP contribution in [0.3, 0.4) is 0 Å². The standard InChI is InChI=1S/C29H25N7O4/c1-35-14-20(13-32-35)19-10-23(26(30)31-12-19)27(38)33-21-7-8-36(15-21)29(40)18-4-2-3-16(9-18)17-5-6-22-24(11-17)34-28(39)25(22)37/h2-6,9-14,21H,7-8,15H2,1H3,(H2,30,31)(H,33,38)(H,34,37,39)/t21-/m1/s1. The molecule has 0 aliphatic carbocycles. The van der Waals surface area contributed by atoms with E-state index in [4.69, 9.17) is 5.73 Å². The number of anilines is 2. The summed E-state index contributed by atoms with van der Waals surface area (Å²) in [6.45, 7) is 0.849. The van der Waals surface area contributed by atoms with Crippen molar-refractivity contribution in [3.63, 3.8) is 0 Å². The number of aryl methyl sites for hydroxylation is 1. The van der Waals surface area contributed by atoms with Crippen molar-refractivity contribution < 1.29 is 19.2 Å². The molecule has 2 aliphatic heterocycles. The summed E-state index contributed by atoms with van der Waals surface area (Å²) in [6.07, 6.45) is 5.72. The van der Waals surface area contributed by atoms with Crippen LogP contribution in [0.1, 0.15) is 37.5 Å². The van der Waals surface area contributed by atoms with Gasteiger partial charge in [0.25, 0.3) is 23.5 Å². The van der Waals surface area contributed by atoms with Crippen molar-refractivity contribution in [1.82, 2.24) is 25.0 Å². The SMILES string of the molecule is Cn1cc(-c2cnc(N)c(C(=O)N[C@@H]3CCN(C(=O)c4cccc(-c5ccc6c(c5)NC(=O)C6=O)c4)C3)c2)cn1. The summed E-state index contributed by atoms with van der Waals surface area (Å²) in [7, 11) is 1.81. The summed E-state index contributed by atoms with van der Waals surface area (Å²) in [5.41, 5.74) is 10.7. The number of nitrogens with zero attached hydrogens (tertiary/aromatic N) is 4. The second kappa shape index (κ2) is 9.77. The van der Waals surface area contributed by atoms with E-state index in [1.54, 1.807) is 64.4 Å². The molecule has 4 N–H and O–H groups in total. The first-order valence-corrected chi connectivity index (χ1v) is 12.7. The number of Topliss-reactive ketones (excluding diaryl/α,β-unsaturated/α-hetero) is 1. The first-order valence-electron chi connectivity index (χ1n) is 12.7. The van der Waals surface area contributed by atoms with E-state index in [0.717, 1.165) is 22.3 Å². The number of nitrogens with two attached hydrogens (primary N) is 1. The molecular formula is C29H25N7O4. The van der Waals surface area contributed by atoms with E-state index >= 15 is 0 Å². The molecule has 40 heavy (non-hydrogen) atoms. The van der Waals surface area contributed by atoms with Gasteiger partial charge in [-0.05, 0) is 47.9 Å². The van der Waals surface area contributed by atoms with Crippen LogP contribution >= 0.6 is 0 Å². The number of hydrogen-bond donors (Lipinski definition) is 3. The number of carbonyl (C=O) groups excluding carboxylic acids is 4. The van der Waals surface area contributed by atoms with Crippen LogP contribution in [-0.4, -0.2) is 62.3 Å². The number of fused-ring (bicyclic) bond motifs is 1. The zero-order valence-electron chi connectivity index (χ0n) is 21.5. The largest absolute Gasteiger partial charge is 0.383 e. The van der Waals surface area contributed by atoms with Gasteiger partial charge in [0.15, 0.2) is 0 Å². The van der Waals surface area contributed by atoms with Crippen molar-refractivity contribution >= 4 is 35.0 Å². The fourth-order valence-electron chi connectivity index (χ4n) is 5.05. The average molecular weight is 536 g/mol. The van der Waals surface area contributed by atoms with Crippen LogP contribution < -0.4 is 16.4 Å². The lowest BCUT2D eigenvalue weighted by Gasteiger charge is -2.18. The Kier molecular flexibility index (Phi) is 6.10. The predicted molar refractivity (Wildman–Crippen MR) is 147 cm³/mol. The molecule has 0 spiro atoms. The van der Waals surface area contributed by atoms with Gasteiger partial charge in [0.05, 0.1) is 23.0 Å². The number of rotatable bonds is 5. The topological polar surface area (TPSA) is 152 Å². The highest BCUT2D eigenvalue weighted by molar-refractivity contribution is 6.51. The summed E-state index contributed by atoms with van der Waals surface area (Å²) < 4.78 is 1.67. The average Bonchev–Trinajstić information content (AvgIpc) is 3.67. The van der Waals surface area contributed by atoms with Gasteiger partial charge >= 0.3 is 0 Å². The van der Waals surface area contributed by atoms with Crippen LogP contribution in [0.15, 0.2) is 67.1 Å².